The van der Waals surface area contributed by atoms with Crippen LogP contribution in [0.1, 0.15) is 11.1 Å². The normalized spacial score (nSPS) is 11.6. The molecule has 1 N–H and O–H groups in total. The summed E-state index contributed by atoms with van der Waals surface area (Å²) in [6.45, 7) is 1.34. The van der Waals surface area contributed by atoms with Gasteiger partial charge in [0.05, 0.1) is 4.90 Å². The molecule has 0 heterocycles. The maximum Gasteiger partial charge on any atom is 0.193 e. The number of hydrogen-bond acceptors (Lipinski definition) is 3. The van der Waals surface area contributed by atoms with Crippen molar-refractivity contribution in [1.82, 2.24) is 10.2 Å². The number of halogens is 1. The van der Waals surface area contributed by atoms with E-state index in [0.29, 0.717) is 11.4 Å². The van der Waals surface area contributed by atoms with Gasteiger partial charge in [-0.15, -0.1) is 24.0 Å². The molecule has 0 aliphatic heterocycles. The topological polar surface area (TPSA) is 61.8 Å². The van der Waals surface area contributed by atoms with Gasteiger partial charge < -0.3 is 10.2 Å². The Morgan fingerprint density at radius 3 is 2.16 bits per heavy atom. The van der Waals surface area contributed by atoms with Crippen molar-refractivity contribution in [3.05, 3.63) is 65.7 Å². The number of aliphatic imine (C=N–C) groups is 1. The fourth-order valence-electron chi connectivity index (χ4n) is 2.35. The summed E-state index contributed by atoms with van der Waals surface area (Å²) in [6.07, 6.45) is 1.21. The van der Waals surface area contributed by atoms with Crippen molar-refractivity contribution in [2.75, 3.05) is 20.4 Å². The standard InChI is InChI=1S/C18H23N3O2S.HI/c1-19-18(21(2)14-16-7-5-4-6-8-16)20-13-15-9-11-17(12-10-15)24(3,22)23;/h4-12H,13-14H2,1-3H3,(H,19,20);1H. The van der Waals surface area contributed by atoms with Gasteiger partial charge in [0.15, 0.2) is 15.8 Å². The van der Waals surface area contributed by atoms with Crippen LogP contribution in [0.25, 0.3) is 0 Å². The number of sulfone groups is 1. The molecule has 7 heteroatoms. The van der Waals surface area contributed by atoms with Crippen molar-refractivity contribution < 1.29 is 8.42 Å². The molecule has 0 spiro atoms. The van der Waals surface area contributed by atoms with Gasteiger partial charge in [-0.25, -0.2) is 8.42 Å². The summed E-state index contributed by atoms with van der Waals surface area (Å²) in [5, 5.41) is 3.29. The molecule has 0 aliphatic rings. The zero-order valence-electron chi connectivity index (χ0n) is 14.6. The zero-order chi connectivity index (χ0) is 17.6. The number of benzene rings is 2. The minimum Gasteiger partial charge on any atom is -0.352 e. The lowest BCUT2D eigenvalue weighted by Crippen LogP contribution is -2.38. The van der Waals surface area contributed by atoms with Crippen LogP contribution in [0, 0.1) is 0 Å². The molecule has 0 bridgehead atoms. The smallest absolute Gasteiger partial charge is 0.193 e. The van der Waals surface area contributed by atoms with Crippen LogP contribution in [0.15, 0.2) is 64.5 Å². The first-order chi connectivity index (χ1) is 11.4. The zero-order valence-corrected chi connectivity index (χ0v) is 17.8. The first kappa shape index (κ1) is 21.4. The molecule has 0 saturated heterocycles. The van der Waals surface area contributed by atoms with Gasteiger partial charge in [-0.2, -0.15) is 0 Å². The average Bonchev–Trinajstić information content (AvgIpc) is 2.56. The van der Waals surface area contributed by atoms with Crippen molar-refractivity contribution in [2.45, 2.75) is 18.0 Å². The van der Waals surface area contributed by atoms with Crippen LogP contribution in [0.2, 0.25) is 0 Å². The maximum atomic E-state index is 11.5. The summed E-state index contributed by atoms with van der Waals surface area (Å²) in [5.41, 5.74) is 2.21. The van der Waals surface area contributed by atoms with Crippen LogP contribution >= 0.6 is 24.0 Å². The first-order valence-corrected chi connectivity index (χ1v) is 9.54. The van der Waals surface area contributed by atoms with E-state index in [2.05, 4.69) is 22.4 Å². The molecule has 0 amide bonds. The highest BCUT2D eigenvalue weighted by molar-refractivity contribution is 14.0. The Balaban J connectivity index is 0.00000312. The minimum atomic E-state index is -3.16. The first-order valence-electron chi connectivity index (χ1n) is 7.65. The van der Waals surface area contributed by atoms with Crippen molar-refractivity contribution in [3.63, 3.8) is 0 Å². The molecule has 2 rings (SSSR count). The fraction of sp³-hybridized carbons (Fsp3) is 0.278. The van der Waals surface area contributed by atoms with E-state index >= 15 is 0 Å². The van der Waals surface area contributed by atoms with Crippen molar-refractivity contribution in [1.29, 1.82) is 0 Å². The highest BCUT2D eigenvalue weighted by atomic mass is 127. The third kappa shape index (κ3) is 6.66. The van der Waals surface area contributed by atoms with Gasteiger partial charge in [0, 0.05) is 33.4 Å². The van der Waals surface area contributed by atoms with E-state index in [1.807, 2.05) is 42.3 Å². The number of guanidine groups is 1. The van der Waals surface area contributed by atoms with Gasteiger partial charge in [-0.1, -0.05) is 42.5 Å². The van der Waals surface area contributed by atoms with Crippen LogP contribution in [0.5, 0.6) is 0 Å². The Morgan fingerprint density at radius 1 is 1.04 bits per heavy atom. The third-order valence-corrected chi connectivity index (χ3v) is 4.77. The van der Waals surface area contributed by atoms with Crippen LogP contribution in [0.3, 0.4) is 0 Å². The van der Waals surface area contributed by atoms with Gasteiger partial charge in [0.2, 0.25) is 0 Å². The third-order valence-electron chi connectivity index (χ3n) is 3.64. The second-order valence-corrected chi connectivity index (χ2v) is 7.67. The van der Waals surface area contributed by atoms with Crippen molar-refractivity contribution in [2.24, 2.45) is 4.99 Å². The molecular formula is C18H24IN3O2S. The molecule has 25 heavy (non-hydrogen) atoms. The summed E-state index contributed by atoms with van der Waals surface area (Å²) < 4.78 is 23.0. The highest BCUT2D eigenvalue weighted by Gasteiger charge is 2.08. The van der Waals surface area contributed by atoms with Gasteiger partial charge >= 0.3 is 0 Å². The molecule has 2 aromatic carbocycles. The van der Waals surface area contributed by atoms with Gasteiger partial charge in [-0.05, 0) is 23.3 Å². The second-order valence-electron chi connectivity index (χ2n) is 5.66. The predicted octanol–water partition coefficient (Wildman–Crippen LogP) is 2.92. The lowest BCUT2D eigenvalue weighted by atomic mass is 10.2. The Morgan fingerprint density at radius 2 is 1.64 bits per heavy atom. The quantitative estimate of drug-likeness (QED) is 0.412. The largest absolute Gasteiger partial charge is 0.352 e. The van der Waals surface area contributed by atoms with Crippen molar-refractivity contribution >= 4 is 39.8 Å². The molecule has 0 unspecified atom stereocenters. The molecule has 0 saturated carbocycles. The lowest BCUT2D eigenvalue weighted by Gasteiger charge is -2.22. The van der Waals surface area contributed by atoms with E-state index in [0.717, 1.165) is 18.1 Å². The van der Waals surface area contributed by atoms with Crippen LogP contribution in [-0.2, 0) is 22.9 Å². The van der Waals surface area contributed by atoms with Gasteiger partial charge in [0.25, 0.3) is 0 Å². The highest BCUT2D eigenvalue weighted by Crippen LogP contribution is 2.10. The van der Waals surface area contributed by atoms with E-state index in [1.165, 1.54) is 11.8 Å². The minimum absolute atomic E-state index is 0. The lowest BCUT2D eigenvalue weighted by molar-refractivity contribution is 0.476. The molecule has 0 aromatic heterocycles. The molecular weight excluding hydrogens is 449 g/mol. The predicted molar refractivity (Wildman–Crippen MR) is 113 cm³/mol. The Hall–Kier alpha value is -1.61. The Labute approximate surface area is 167 Å². The summed E-state index contributed by atoms with van der Waals surface area (Å²) in [5.74, 6) is 0.783. The molecule has 5 nitrogen and oxygen atoms in total. The van der Waals surface area contributed by atoms with Crippen LogP contribution in [0.4, 0.5) is 0 Å². The van der Waals surface area contributed by atoms with E-state index in [9.17, 15) is 8.42 Å². The van der Waals surface area contributed by atoms with Crippen LogP contribution < -0.4 is 5.32 Å². The maximum absolute atomic E-state index is 11.5. The van der Waals surface area contributed by atoms with Crippen molar-refractivity contribution in [3.8, 4) is 0 Å². The fourth-order valence-corrected chi connectivity index (χ4v) is 2.98. The molecule has 2 aromatic rings. The Kier molecular flexibility index (Phi) is 8.37. The monoisotopic (exact) mass is 473 g/mol. The van der Waals surface area contributed by atoms with Gasteiger partial charge in [0.1, 0.15) is 0 Å². The average molecular weight is 473 g/mol. The summed E-state index contributed by atoms with van der Waals surface area (Å²) in [4.78, 5) is 6.66. The van der Waals surface area contributed by atoms with E-state index in [1.54, 1.807) is 19.2 Å². The summed E-state index contributed by atoms with van der Waals surface area (Å²) >= 11 is 0. The Bertz CT molecular complexity index is 791. The molecule has 0 radical (unpaired) electrons. The van der Waals surface area contributed by atoms with E-state index in [4.69, 9.17) is 0 Å². The van der Waals surface area contributed by atoms with Gasteiger partial charge in [-0.3, -0.25) is 4.99 Å². The molecule has 0 aliphatic carbocycles. The second kappa shape index (κ2) is 9.76. The number of hydrogen-bond donors (Lipinski definition) is 1. The number of nitrogens with one attached hydrogen (secondary N) is 1. The van der Waals surface area contributed by atoms with E-state index < -0.39 is 9.84 Å². The summed E-state index contributed by atoms with van der Waals surface area (Å²) in [6, 6.07) is 17.1. The molecule has 0 fully saturated rings. The molecule has 136 valence electrons. The number of nitrogens with zero attached hydrogens (tertiary/aromatic N) is 2. The SMILES string of the molecule is CN=C(NCc1ccc(S(C)(=O)=O)cc1)N(C)Cc1ccccc1.I. The van der Waals surface area contributed by atoms with E-state index in [-0.39, 0.29) is 24.0 Å². The van der Waals surface area contributed by atoms with Crippen LogP contribution in [-0.4, -0.2) is 39.6 Å². The number of rotatable bonds is 5. The summed E-state index contributed by atoms with van der Waals surface area (Å²) in [7, 11) is 0.572. The molecule has 0 atom stereocenters.